The van der Waals surface area contributed by atoms with Crippen LogP contribution in [0.5, 0.6) is 0 Å². The van der Waals surface area contributed by atoms with E-state index in [0.717, 1.165) is 0 Å². The molecule has 1 aliphatic rings. The molecule has 1 aromatic carbocycles. The second-order valence-corrected chi connectivity index (χ2v) is 7.61. The van der Waals surface area contributed by atoms with Crippen LogP contribution >= 0.6 is 0 Å². The first kappa shape index (κ1) is 15.5. The first-order valence-corrected chi connectivity index (χ1v) is 8.01. The van der Waals surface area contributed by atoms with Gasteiger partial charge in [0.2, 0.25) is 5.91 Å². The van der Waals surface area contributed by atoms with E-state index in [1.807, 2.05) is 20.8 Å². The van der Waals surface area contributed by atoms with Crippen LogP contribution in [0.15, 0.2) is 33.6 Å². The van der Waals surface area contributed by atoms with E-state index in [1.165, 1.54) is 6.07 Å². The number of carbonyl (C=O) groups excluding carboxylic acids is 1. The molecule has 0 saturated heterocycles. The van der Waals surface area contributed by atoms with Crippen molar-refractivity contribution >= 4 is 21.8 Å². The maximum Gasteiger partial charge on any atom is 0.285 e. The van der Waals surface area contributed by atoms with E-state index >= 15 is 0 Å². The summed E-state index contributed by atoms with van der Waals surface area (Å²) in [5.41, 5.74) is 0.197. The summed E-state index contributed by atoms with van der Waals surface area (Å²) in [5, 5.41) is 2.83. The number of fused-ring (bicyclic) bond motifs is 1. The van der Waals surface area contributed by atoms with Crippen LogP contribution in [0.1, 0.15) is 26.3 Å². The number of nitrogens with one attached hydrogen (secondary N) is 1. The van der Waals surface area contributed by atoms with Gasteiger partial charge >= 0.3 is 0 Å². The van der Waals surface area contributed by atoms with Gasteiger partial charge in [-0.15, -0.1) is 4.40 Å². The fourth-order valence-electron chi connectivity index (χ4n) is 2.11. The Morgan fingerprint density at radius 2 is 1.90 bits per heavy atom. The van der Waals surface area contributed by atoms with Crippen LogP contribution in [-0.2, 0) is 14.8 Å². The third kappa shape index (κ3) is 3.41. The Morgan fingerprint density at radius 1 is 1.29 bits per heavy atom. The third-order valence-electron chi connectivity index (χ3n) is 2.87. The van der Waals surface area contributed by atoms with Crippen molar-refractivity contribution < 1.29 is 13.2 Å². The van der Waals surface area contributed by atoms with E-state index < -0.39 is 10.0 Å². The lowest BCUT2D eigenvalue weighted by Gasteiger charge is -2.24. The molecule has 1 aliphatic heterocycles. The van der Waals surface area contributed by atoms with Gasteiger partial charge < -0.3 is 10.2 Å². The van der Waals surface area contributed by atoms with Crippen LogP contribution in [-0.4, -0.2) is 44.2 Å². The van der Waals surface area contributed by atoms with Crippen molar-refractivity contribution in [2.75, 3.05) is 13.6 Å². The van der Waals surface area contributed by atoms with Gasteiger partial charge in [0.1, 0.15) is 4.90 Å². The molecule has 0 bridgehead atoms. The lowest BCUT2D eigenvalue weighted by molar-refractivity contribution is -0.122. The molecule has 6 nitrogen and oxygen atoms in total. The Kier molecular flexibility index (Phi) is 3.79. The minimum Gasteiger partial charge on any atom is -0.350 e. The Balaban J connectivity index is 2.22. The molecule has 0 saturated carbocycles. The van der Waals surface area contributed by atoms with Gasteiger partial charge in [-0.2, -0.15) is 8.42 Å². The van der Waals surface area contributed by atoms with E-state index in [0.29, 0.717) is 11.4 Å². The third-order valence-corrected chi connectivity index (χ3v) is 4.19. The van der Waals surface area contributed by atoms with Crippen LogP contribution in [0, 0.1) is 0 Å². The number of carbonyl (C=O) groups is 1. The first-order valence-electron chi connectivity index (χ1n) is 6.57. The lowest BCUT2D eigenvalue weighted by Crippen LogP contribution is -2.46. The van der Waals surface area contributed by atoms with Crippen molar-refractivity contribution in [3.05, 3.63) is 29.8 Å². The average molecular weight is 309 g/mol. The van der Waals surface area contributed by atoms with Crippen LogP contribution in [0.25, 0.3) is 0 Å². The SMILES string of the molecule is CN(CC(=O)NC(C)(C)C)C1=NS(=O)(=O)c2ccccc21. The zero-order chi connectivity index (χ0) is 15.8. The van der Waals surface area contributed by atoms with Crippen molar-refractivity contribution in [2.45, 2.75) is 31.2 Å². The Labute approximate surface area is 124 Å². The number of sulfonamides is 1. The molecular formula is C14H19N3O3S. The predicted octanol–water partition coefficient (Wildman–Crippen LogP) is 0.982. The fraction of sp³-hybridized carbons (Fsp3) is 0.429. The molecule has 0 aliphatic carbocycles. The number of amides is 1. The summed E-state index contributed by atoms with van der Waals surface area (Å²) in [6.45, 7) is 5.70. The highest BCUT2D eigenvalue weighted by Gasteiger charge is 2.31. The molecule has 1 heterocycles. The Morgan fingerprint density at radius 3 is 2.52 bits per heavy atom. The summed E-state index contributed by atoms with van der Waals surface area (Å²) >= 11 is 0. The van der Waals surface area contributed by atoms with E-state index in [9.17, 15) is 13.2 Å². The summed E-state index contributed by atoms with van der Waals surface area (Å²) < 4.78 is 27.7. The summed E-state index contributed by atoms with van der Waals surface area (Å²) in [6.07, 6.45) is 0. The highest BCUT2D eigenvalue weighted by Crippen LogP contribution is 2.26. The molecular weight excluding hydrogens is 290 g/mol. The van der Waals surface area contributed by atoms with Gasteiger partial charge in [-0.3, -0.25) is 4.79 Å². The summed E-state index contributed by atoms with van der Waals surface area (Å²) in [4.78, 5) is 13.7. The van der Waals surface area contributed by atoms with E-state index in [1.54, 1.807) is 30.1 Å². The molecule has 0 atom stereocenters. The maximum atomic E-state index is 12.0. The molecule has 1 aromatic rings. The molecule has 2 rings (SSSR count). The smallest absolute Gasteiger partial charge is 0.285 e. The number of benzene rings is 1. The van der Waals surface area contributed by atoms with Gasteiger partial charge in [-0.25, -0.2) is 0 Å². The number of nitrogens with zero attached hydrogens (tertiary/aromatic N) is 2. The zero-order valence-corrected chi connectivity index (χ0v) is 13.4. The molecule has 0 spiro atoms. The molecule has 0 fully saturated rings. The standard InChI is InChI=1S/C14H19N3O3S/c1-14(2,3)15-12(18)9-17(4)13-10-7-5-6-8-11(10)21(19,20)16-13/h5-8H,9H2,1-4H3,(H,15,18). The Bertz CT molecular complexity index is 702. The molecule has 21 heavy (non-hydrogen) atoms. The van der Waals surface area contributed by atoms with Crippen LogP contribution in [0.4, 0.5) is 0 Å². The topological polar surface area (TPSA) is 78.8 Å². The largest absolute Gasteiger partial charge is 0.350 e. The molecule has 0 aromatic heterocycles. The highest BCUT2D eigenvalue weighted by molar-refractivity contribution is 7.90. The van der Waals surface area contributed by atoms with Crippen molar-refractivity contribution in [1.29, 1.82) is 0 Å². The van der Waals surface area contributed by atoms with Gasteiger partial charge in [0, 0.05) is 18.2 Å². The van der Waals surface area contributed by atoms with Crippen LogP contribution < -0.4 is 5.32 Å². The summed E-state index contributed by atoms with van der Waals surface area (Å²) in [7, 11) is -2.00. The van der Waals surface area contributed by atoms with Crippen LogP contribution in [0.2, 0.25) is 0 Å². The summed E-state index contributed by atoms with van der Waals surface area (Å²) in [5.74, 6) is 0.115. The Hall–Kier alpha value is -1.89. The van der Waals surface area contributed by atoms with Crippen LogP contribution in [0.3, 0.4) is 0 Å². The van der Waals surface area contributed by atoms with E-state index in [-0.39, 0.29) is 22.9 Å². The lowest BCUT2D eigenvalue weighted by atomic mass is 10.1. The van der Waals surface area contributed by atoms with Crippen molar-refractivity contribution in [2.24, 2.45) is 4.40 Å². The number of amidine groups is 1. The number of hydrogen-bond acceptors (Lipinski definition) is 4. The van der Waals surface area contributed by atoms with Gasteiger partial charge in [-0.05, 0) is 32.9 Å². The monoisotopic (exact) mass is 309 g/mol. The fourth-order valence-corrected chi connectivity index (χ4v) is 3.36. The minimum atomic E-state index is -3.66. The molecule has 7 heteroatoms. The second kappa shape index (κ2) is 5.14. The predicted molar refractivity (Wildman–Crippen MR) is 80.7 cm³/mol. The molecule has 114 valence electrons. The second-order valence-electron chi connectivity index (χ2n) is 6.04. The number of likely N-dealkylation sites (N-methyl/N-ethyl adjacent to an activating group) is 1. The first-order chi connectivity index (χ1) is 9.60. The molecule has 1 amide bonds. The quantitative estimate of drug-likeness (QED) is 0.883. The van der Waals surface area contributed by atoms with Gasteiger partial charge in [0.05, 0.1) is 6.54 Å². The van der Waals surface area contributed by atoms with Crippen molar-refractivity contribution in [3.63, 3.8) is 0 Å². The minimum absolute atomic E-state index is 0.0416. The van der Waals surface area contributed by atoms with Crippen molar-refractivity contribution in [1.82, 2.24) is 10.2 Å². The van der Waals surface area contributed by atoms with Gasteiger partial charge in [0.25, 0.3) is 10.0 Å². The molecule has 1 N–H and O–H groups in total. The van der Waals surface area contributed by atoms with E-state index in [2.05, 4.69) is 9.71 Å². The number of rotatable bonds is 2. The van der Waals surface area contributed by atoms with E-state index in [4.69, 9.17) is 0 Å². The van der Waals surface area contributed by atoms with Gasteiger partial charge in [-0.1, -0.05) is 12.1 Å². The summed E-state index contributed by atoms with van der Waals surface area (Å²) in [6, 6.07) is 6.61. The normalized spacial score (nSPS) is 16.1. The molecule has 0 radical (unpaired) electrons. The highest BCUT2D eigenvalue weighted by atomic mass is 32.2. The average Bonchev–Trinajstić information content (AvgIpc) is 2.60. The maximum absolute atomic E-state index is 12.0. The zero-order valence-electron chi connectivity index (χ0n) is 12.5. The van der Waals surface area contributed by atoms with Gasteiger partial charge in [0.15, 0.2) is 5.84 Å². The molecule has 0 unspecified atom stereocenters. The number of hydrogen-bond donors (Lipinski definition) is 1. The van der Waals surface area contributed by atoms with Crippen molar-refractivity contribution in [3.8, 4) is 0 Å².